The van der Waals surface area contributed by atoms with Crippen molar-refractivity contribution in [2.75, 3.05) is 0 Å². The Balaban J connectivity index is 0.000000469. The van der Waals surface area contributed by atoms with Gasteiger partial charge in [-0.1, -0.05) is 67.3 Å². The van der Waals surface area contributed by atoms with Crippen LogP contribution in [-0.2, 0) is 10.1 Å². The number of hydrogen-bond donors (Lipinski definition) is 1. The van der Waals surface area contributed by atoms with Gasteiger partial charge in [0.15, 0.2) is 0 Å². The van der Waals surface area contributed by atoms with Gasteiger partial charge in [-0.25, -0.2) is 0 Å². The number of halogens is 3. The SMILES string of the molecule is C=Cc1ccccc1-c1ccccc1.O=S(=O)(O)C(F)(F)F.S. The lowest BCUT2D eigenvalue weighted by atomic mass is 10.00. The summed E-state index contributed by atoms with van der Waals surface area (Å²) in [6.45, 7) is 3.82. The quantitative estimate of drug-likeness (QED) is 0.630. The maximum Gasteiger partial charge on any atom is 0.522 e. The third-order valence-electron chi connectivity index (χ3n) is 2.56. The summed E-state index contributed by atoms with van der Waals surface area (Å²) in [5.74, 6) is 0. The average molecular weight is 364 g/mol. The smallest absolute Gasteiger partial charge is 0.279 e. The Morgan fingerprint density at radius 3 is 1.83 bits per heavy atom. The fourth-order valence-electron chi connectivity index (χ4n) is 1.56. The minimum Gasteiger partial charge on any atom is -0.279 e. The summed E-state index contributed by atoms with van der Waals surface area (Å²) in [6, 6.07) is 18.6. The first-order valence-corrected chi connectivity index (χ1v) is 7.41. The number of rotatable bonds is 2. The zero-order chi connectivity index (χ0) is 16.8. The normalized spacial score (nSPS) is 10.8. The molecule has 23 heavy (non-hydrogen) atoms. The Morgan fingerprint density at radius 1 is 0.957 bits per heavy atom. The molecule has 0 fully saturated rings. The maximum absolute atomic E-state index is 10.7. The minimum absolute atomic E-state index is 0. The Bertz CT molecular complexity index is 727. The molecule has 0 aliphatic heterocycles. The molecular weight excluding hydrogens is 349 g/mol. The molecule has 0 aromatic heterocycles. The Morgan fingerprint density at radius 2 is 1.39 bits per heavy atom. The van der Waals surface area contributed by atoms with E-state index in [-0.39, 0.29) is 13.5 Å². The van der Waals surface area contributed by atoms with Gasteiger partial charge in [0.25, 0.3) is 0 Å². The van der Waals surface area contributed by atoms with Gasteiger partial charge in [0.1, 0.15) is 0 Å². The van der Waals surface area contributed by atoms with Crippen molar-refractivity contribution in [1.82, 2.24) is 0 Å². The summed E-state index contributed by atoms with van der Waals surface area (Å²) in [6.07, 6.45) is 1.89. The molecule has 0 saturated heterocycles. The Labute approximate surface area is 139 Å². The molecule has 2 aromatic rings. The molecule has 126 valence electrons. The predicted octanol–water partition coefficient (Wildman–Crippen LogP) is 4.50. The van der Waals surface area contributed by atoms with Gasteiger partial charge in [-0.15, -0.1) is 0 Å². The summed E-state index contributed by atoms with van der Waals surface area (Å²) in [4.78, 5) is 0. The van der Waals surface area contributed by atoms with E-state index in [4.69, 9.17) is 13.0 Å². The summed E-state index contributed by atoms with van der Waals surface area (Å²) in [5, 5.41) is 0. The lowest BCUT2D eigenvalue weighted by Crippen LogP contribution is -2.21. The van der Waals surface area contributed by atoms with Crippen LogP contribution in [0.1, 0.15) is 5.56 Å². The van der Waals surface area contributed by atoms with E-state index in [2.05, 4.69) is 49.0 Å². The molecule has 0 heterocycles. The van der Waals surface area contributed by atoms with Crippen LogP contribution in [0.15, 0.2) is 61.2 Å². The molecule has 0 unspecified atom stereocenters. The van der Waals surface area contributed by atoms with E-state index >= 15 is 0 Å². The zero-order valence-electron chi connectivity index (χ0n) is 11.8. The lowest BCUT2D eigenvalue weighted by molar-refractivity contribution is -0.0510. The van der Waals surface area contributed by atoms with Crippen molar-refractivity contribution in [2.24, 2.45) is 0 Å². The molecule has 1 N–H and O–H groups in total. The molecule has 2 aromatic carbocycles. The van der Waals surface area contributed by atoms with Gasteiger partial charge in [0.05, 0.1) is 0 Å². The first kappa shape index (κ1) is 21.2. The fourth-order valence-corrected chi connectivity index (χ4v) is 1.56. The second kappa shape index (κ2) is 8.76. The molecule has 0 bridgehead atoms. The van der Waals surface area contributed by atoms with E-state index in [9.17, 15) is 13.2 Å². The van der Waals surface area contributed by atoms with Crippen molar-refractivity contribution in [3.8, 4) is 11.1 Å². The molecule has 8 heteroatoms. The molecule has 3 nitrogen and oxygen atoms in total. The highest BCUT2D eigenvalue weighted by Crippen LogP contribution is 2.23. The van der Waals surface area contributed by atoms with Crippen LogP contribution < -0.4 is 0 Å². The van der Waals surface area contributed by atoms with Gasteiger partial charge in [-0.3, -0.25) is 4.55 Å². The van der Waals surface area contributed by atoms with Gasteiger partial charge < -0.3 is 0 Å². The summed E-state index contributed by atoms with van der Waals surface area (Å²) in [7, 11) is -5.84. The highest BCUT2D eigenvalue weighted by Gasteiger charge is 2.44. The van der Waals surface area contributed by atoms with Crippen molar-refractivity contribution in [3.05, 3.63) is 66.7 Å². The van der Waals surface area contributed by atoms with E-state index in [1.165, 1.54) is 16.7 Å². The number of alkyl halides is 3. The van der Waals surface area contributed by atoms with Crippen LogP contribution in [-0.4, -0.2) is 18.5 Å². The average Bonchev–Trinajstić information content (AvgIpc) is 2.47. The van der Waals surface area contributed by atoms with Crippen LogP contribution >= 0.6 is 13.5 Å². The van der Waals surface area contributed by atoms with Crippen LogP contribution in [0.3, 0.4) is 0 Å². The number of hydrogen-bond acceptors (Lipinski definition) is 2. The molecule has 0 aliphatic carbocycles. The third kappa shape index (κ3) is 6.47. The van der Waals surface area contributed by atoms with Crippen molar-refractivity contribution in [3.63, 3.8) is 0 Å². The first-order chi connectivity index (χ1) is 10.2. The van der Waals surface area contributed by atoms with Gasteiger partial charge in [-0.2, -0.15) is 35.1 Å². The zero-order valence-corrected chi connectivity index (χ0v) is 13.6. The lowest BCUT2D eigenvalue weighted by Gasteiger charge is -2.04. The van der Waals surface area contributed by atoms with Crippen molar-refractivity contribution in [1.29, 1.82) is 0 Å². The van der Waals surface area contributed by atoms with Gasteiger partial charge in [0.2, 0.25) is 0 Å². The van der Waals surface area contributed by atoms with Gasteiger partial charge in [0, 0.05) is 0 Å². The summed E-state index contributed by atoms with van der Waals surface area (Å²) in [5.41, 5.74) is -1.88. The third-order valence-corrected chi connectivity index (χ3v) is 3.14. The van der Waals surface area contributed by atoms with Crippen LogP contribution in [0.25, 0.3) is 17.2 Å². The van der Waals surface area contributed by atoms with E-state index in [1.807, 2.05) is 18.2 Å². The van der Waals surface area contributed by atoms with Crippen molar-refractivity contribution >= 4 is 29.7 Å². The van der Waals surface area contributed by atoms with Crippen LogP contribution in [0.2, 0.25) is 0 Å². The molecule has 0 aliphatic rings. The predicted molar refractivity (Wildman–Crippen MR) is 90.0 cm³/mol. The van der Waals surface area contributed by atoms with Crippen molar-refractivity contribution < 1.29 is 26.1 Å². The second-order valence-electron chi connectivity index (χ2n) is 4.08. The monoisotopic (exact) mass is 364 g/mol. The minimum atomic E-state index is -5.84. The van der Waals surface area contributed by atoms with E-state index in [1.54, 1.807) is 0 Å². The topological polar surface area (TPSA) is 54.4 Å². The summed E-state index contributed by atoms with van der Waals surface area (Å²) >= 11 is 0. The molecule has 0 atom stereocenters. The van der Waals surface area contributed by atoms with Crippen LogP contribution in [0.5, 0.6) is 0 Å². The highest BCUT2D eigenvalue weighted by molar-refractivity contribution is 7.86. The van der Waals surface area contributed by atoms with E-state index in [0.717, 1.165) is 0 Å². The Hall–Kier alpha value is -1.77. The second-order valence-corrected chi connectivity index (χ2v) is 5.49. The van der Waals surface area contributed by atoms with Crippen LogP contribution in [0, 0.1) is 0 Å². The Kier molecular flexibility index (Phi) is 8.08. The molecule has 0 saturated carbocycles. The molecule has 0 radical (unpaired) electrons. The summed E-state index contributed by atoms with van der Waals surface area (Å²) < 4.78 is 57.5. The van der Waals surface area contributed by atoms with Gasteiger partial charge in [-0.05, 0) is 16.7 Å². The molecule has 0 spiro atoms. The van der Waals surface area contributed by atoms with E-state index in [0.29, 0.717) is 0 Å². The largest absolute Gasteiger partial charge is 0.522 e. The maximum atomic E-state index is 10.7. The van der Waals surface area contributed by atoms with Crippen molar-refractivity contribution in [2.45, 2.75) is 5.51 Å². The van der Waals surface area contributed by atoms with Gasteiger partial charge >= 0.3 is 15.6 Å². The van der Waals surface area contributed by atoms with Crippen LogP contribution in [0.4, 0.5) is 13.2 Å². The first-order valence-electron chi connectivity index (χ1n) is 5.97. The fraction of sp³-hybridized carbons (Fsp3) is 0.0667. The highest BCUT2D eigenvalue weighted by atomic mass is 32.2. The standard InChI is InChI=1S/C14H12.CHF3O3S.H2S/c1-2-12-8-6-7-11-14(12)13-9-4-3-5-10-13;2-1(3,4)8(5,6)7;/h2-11H,1H2;(H,5,6,7);1H2. The number of benzene rings is 2. The molecule has 2 rings (SSSR count). The molecule has 0 amide bonds. The van der Waals surface area contributed by atoms with E-state index < -0.39 is 15.6 Å². The molecular formula is C15H15F3O3S2.